The number of carboxylic acid groups (broad SMARTS) is 2. The van der Waals surface area contributed by atoms with Gasteiger partial charge in [0.15, 0.2) is 0 Å². The van der Waals surface area contributed by atoms with Crippen molar-refractivity contribution in [2.45, 2.75) is 38.0 Å². The van der Waals surface area contributed by atoms with E-state index in [4.69, 9.17) is 21.1 Å². The molecule has 0 bridgehead atoms. The molecule has 105 valence electrons. The number of aliphatic hydroxyl groups is 1. The first-order valence-electron chi connectivity index (χ1n) is 4.99. The maximum absolute atomic E-state index is 10.1. The second kappa shape index (κ2) is 9.38. The van der Waals surface area contributed by atoms with Gasteiger partial charge in [-0.05, 0) is 26.3 Å². The molecular formula is C9H19CuN2O5+. The van der Waals surface area contributed by atoms with Crippen molar-refractivity contribution in [1.29, 1.82) is 0 Å². The maximum atomic E-state index is 10.1. The summed E-state index contributed by atoms with van der Waals surface area (Å²) < 4.78 is 0. The van der Waals surface area contributed by atoms with Gasteiger partial charge in [0.2, 0.25) is 0 Å². The molecule has 6 N–H and O–H groups in total. The molecule has 0 spiro atoms. The average molecular weight is 299 g/mol. The zero-order chi connectivity index (χ0) is 12.7. The van der Waals surface area contributed by atoms with Gasteiger partial charge >= 0.3 is 29.0 Å². The van der Waals surface area contributed by atoms with Crippen LogP contribution in [0.15, 0.2) is 0 Å². The molecule has 0 radical (unpaired) electrons. The summed E-state index contributed by atoms with van der Waals surface area (Å²) in [7, 11) is 0. The van der Waals surface area contributed by atoms with Gasteiger partial charge in [0.25, 0.3) is 0 Å². The van der Waals surface area contributed by atoms with Crippen molar-refractivity contribution in [1.82, 2.24) is 5.32 Å². The first kappa shape index (κ1) is 18.7. The Morgan fingerprint density at radius 3 is 2.06 bits per heavy atom. The molecule has 17 heavy (non-hydrogen) atoms. The molecule has 0 aromatic rings. The normalized spacial score (nSPS) is 21.5. The van der Waals surface area contributed by atoms with E-state index in [0.717, 1.165) is 19.4 Å². The Morgan fingerprint density at radius 1 is 1.41 bits per heavy atom. The van der Waals surface area contributed by atoms with Gasteiger partial charge in [0.1, 0.15) is 12.1 Å². The number of nitrogens with one attached hydrogen (secondary N) is 1. The van der Waals surface area contributed by atoms with E-state index in [0.29, 0.717) is 0 Å². The topological polar surface area (TPSA) is 133 Å². The summed E-state index contributed by atoms with van der Waals surface area (Å²) >= 11 is 0. The summed E-state index contributed by atoms with van der Waals surface area (Å²) in [4.78, 5) is 20.0. The number of aliphatic carboxylic acids is 2. The fourth-order valence-corrected chi connectivity index (χ4v) is 1.10. The molecule has 1 heterocycles. The van der Waals surface area contributed by atoms with Crippen LogP contribution in [0.3, 0.4) is 0 Å². The van der Waals surface area contributed by atoms with Crippen LogP contribution >= 0.6 is 0 Å². The SMILES string of the molecule is C[C@@H](O)[C@H](N)C(=O)O.O=C(O)[C@@H]1CCCN1.[CuH+]. The first-order chi connectivity index (χ1) is 7.36. The van der Waals surface area contributed by atoms with E-state index in [1.54, 1.807) is 0 Å². The third-order valence-electron chi connectivity index (χ3n) is 2.16. The molecule has 0 aliphatic carbocycles. The summed E-state index contributed by atoms with van der Waals surface area (Å²) in [6.45, 7) is 2.19. The number of aliphatic hydroxyl groups excluding tert-OH is 1. The van der Waals surface area contributed by atoms with Gasteiger partial charge in [-0.25, -0.2) is 0 Å². The quantitative estimate of drug-likeness (QED) is 0.393. The molecule has 0 unspecified atom stereocenters. The van der Waals surface area contributed by atoms with Gasteiger partial charge in [0.05, 0.1) is 6.10 Å². The fraction of sp³-hybridized carbons (Fsp3) is 0.778. The molecular weight excluding hydrogens is 280 g/mol. The molecule has 1 rings (SSSR count). The minimum atomic E-state index is -1.18. The Morgan fingerprint density at radius 2 is 1.94 bits per heavy atom. The summed E-state index contributed by atoms with van der Waals surface area (Å²) in [5.41, 5.74) is 4.91. The fourth-order valence-electron chi connectivity index (χ4n) is 1.10. The van der Waals surface area contributed by atoms with Crippen molar-refractivity contribution >= 4 is 11.9 Å². The van der Waals surface area contributed by atoms with Gasteiger partial charge in [-0.2, -0.15) is 0 Å². The number of hydrogen-bond donors (Lipinski definition) is 5. The summed E-state index contributed by atoms with van der Waals surface area (Å²) in [5, 5.41) is 27.8. The van der Waals surface area contributed by atoms with Crippen LogP contribution in [-0.2, 0) is 26.7 Å². The van der Waals surface area contributed by atoms with Gasteiger partial charge in [-0.1, -0.05) is 0 Å². The van der Waals surface area contributed by atoms with E-state index in [9.17, 15) is 9.59 Å². The third-order valence-corrected chi connectivity index (χ3v) is 2.16. The zero-order valence-electron chi connectivity index (χ0n) is 9.41. The number of carbonyl (C=O) groups is 2. The molecule has 1 saturated heterocycles. The molecule has 0 aromatic heterocycles. The minimum absolute atomic E-state index is 0. The van der Waals surface area contributed by atoms with Crippen LogP contribution in [0.1, 0.15) is 19.8 Å². The van der Waals surface area contributed by atoms with Crippen LogP contribution in [0.4, 0.5) is 0 Å². The van der Waals surface area contributed by atoms with Crippen LogP contribution < -0.4 is 11.1 Å². The summed E-state index contributed by atoms with van der Waals surface area (Å²) in [5.74, 6) is -1.90. The van der Waals surface area contributed by atoms with E-state index >= 15 is 0 Å². The van der Waals surface area contributed by atoms with Crippen LogP contribution in [0.2, 0.25) is 0 Å². The van der Waals surface area contributed by atoms with Crippen molar-refractivity contribution in [3.63, 3.8) is 0 Å². The van der Waals surface area contributed by atoms with Crippen molar-refractivity contribution in [3.8, 4) is 0 Å². The van der Waals surface area contributed by atoms with Gasteiger partial charge in [-0.3, -0.25) is 9.59 Å². The van der Waals surface area contributed by atoms with Crippen LogP contribution in [0.5, 0.6) is 0 Å². The van der Waals surface area contributed by atoms with Gasteiger partial charge in [0, 0.05) is 0 Å². The van der Waals surface area contributed by atoms with Gasteiger partial charge in [-0.15, -0.1) is 0 Å². The number of carboxylic acids is 2. The third kappa shape index (κ3) is 8.12. The summed E-state index contributed by atoms with van der Waals surface area (Å²) in [6, 6.07) is -1.43. The van der Waals surface area contributed by atoms with Crippen LogP contribution in [-0.4, -0.2) is 52.0 Å². The molecule has 0 amide bonds. The van der Waals surface area contributed by atoms with E-state index in [2.05, 4.69) is 5.32 Å². The van der Waals surface area contributed by atoms with Crippen molar-refractivity contribution in [2.75, 3.05) is 6.54 Å². The average Bonchev–Trinajstić information content (AvgIpc) is 2.70. The molecule has 0 saturated carbocycles. The van der Waals surface area contributed by atoms with Gasteiger partial charge < -0.3 is 26.4 Å². The number of hydrogen-bond acceptors (Lipinski definition) is 5. The van der Waals surface area contributed by atoms with E-state index in [-0.39, 0.29) is 23.1 Å². The van der Waals surface area contributed by atoms with E-state index in [1.807, 2.05) is 0 Å². The Labute approximate surface area is 110 Å². The predicted molar refractivity (Wildman–Crippen MR) is 57.3 cm³/mol. The van der Waals surface area contributed by atoms with Crippen molar-refractivity contribution in [2.24, 2.45) is 5.73 Å². The first-order valence-corrected chi connectivity index (χ1v) is 4.99. The molecule has 3 atom stereocenters. The van der Waals surface area contributed by atoms with Crippen molar-refractivity contribution < 1.29 is 42.0 Å². The molecule has 0 aromatic carbocycles. The molecule has 1 aliphatic heterocycles. The van der Waals surface area contributed by atoms with Crippen LogP contribution in [0.25, 0.3) is 0 Å². The van der Waals surface area contributed by atoms with Crippen LogP contribution in [0, 0.1) is 0 Å². The van der Waals surface area contributed by atoms with Crippen molar-refractivity contribution in [3.05, 3.63) is 0 Å². The second-order valence-electron chi connectivity index (χ2n) is 3.59. The zero-order valence-corrected chi connectivity index (χ0v) is 10.4. The molecule has 8 heteroatoms. The second-order valence-corrected chi connectivity index (χ2v) is 3.59. The Kier molecular flexibility index (Phi) is 10.3. The van der Waals surface area contributed by atoms with E-state index < -0.39 is 24.1 Å². The predicted octanol–water partition coefficient (Wildman–Crippen LogP) is -1.67. The van der Waals surface area contributed by atoms with E-state index in [1.165, 1.54) is 6.92 Å². The Hall–Kier alpha value is -0.661. The standard InChI is InChI=1S/C5H9NO2.C4H9NO3.Cu.H/c7-5(8)4-2-1-3-6-4;1-2(6)3(5)4(7)8;;/h4,6H,1-3H2,(H,7,8);2-3,6H,5H2,1H3,(H,7,8);;/q;;+1;/t4-;2-,3+;;/m01../s1. The molecule has 7 nitrogen and oxygen atoms in total. The number of rotatable bonds is 3. The Bertz CT molecular complexity index is 232. The molecule has 1 aliphatic rings. The monoisotopic (exact) mass is 298 g/mol. The summed E-state index contributed by atoms with van der Waals surface area (Å²) in [6.07, 6.45) is 0.805. The number of nitrogens with two attached hydrogens (primary N) is 1. The Balaban J connectivity index is 0. The molecule has 1 fully saturated rings.